The topological polar surface area (TPSA) is 64.8 Å². The van der Waals surface area contributed by atoms with E-state index in [1.54, 1.807) is 19.3 Å². The first-order valence-corrected chi connectivity index (χ1v) is 11.2. The molecule has 0 radical (unpaired) electrons. The fraction of sp³-hybridized carbons (Fsp3) is 0.333. The Morgan fingerprint density at radius 3 is 2.48 bits per heavy atom. The maximum absolute atomic E-state index is 12.9. The molecule has 1 heterocycles. The van der Waals surface area contributed by atoms with Crippen molar-refractivity contribution in [3.63, 3.8) is 0 Å². The third-order valence-electron chi connectivity index (χ3n) is 5.46. The first kappa shape index (κ1) is 24.1. The van der Waals surface area contributed by atoms with E-state index < -0.39 is 0 Å². The molecule has 0 aliphatic heterocycles. The molecule has 3 rings (SSSR count). The van der Waals surface area contributed by atoms with Crippen molar-refractivity contribution in [2.75, 3.05) is 13.7 Å². The van der Waals surface area contributed by atoms with E-state index in [0.717, 1.165) is 34.6 Å². The molecule has 1 amide bonds. The molecule has 0 saturated heterocycles. The molecule has 1 aromatic heterocycles. The van der Waals surface area contributed by atoms with Crippen LogP contribution in [0.5, 0.6) is 11.5 Å². The van der Waals surface area contributed by atoms with E-state index in [4.69, 9.17) is 14.0 Å². The Hall–Kier alpha value is -3.54. The third kappa shape index (κ3) is 6.48. The number of hydrogen-bond acceptors (Lipinski definition) is 5. The predicted molar refractivity (Wildman–Crippen MR) is 129 cm³/mol. The van der Waals surface area contributed by atoms with Gasteiger partial charge in [-0.15, -0.1) is 0 Å². The van der Waals surface area contributed by atoms with Crippen molar-refractivity contribution >= 4 is 12.0 Å². The van der Waals surface area contributed by atoms with E-state index >= 15 is 0 Å². The average Bonchev–Trinajstić information content (AvgIpc) is 3.14. The van der Waals surface area contributed by atoms with Gasteiger partial charge in [-0.25, -0.2) is 0 Å². The fourth-order valence-electron chi connectivity index (χ4n) is 3.49. The molecule has 0 bridgehead atoms. The van der Waals surface area contributed by atoms with Gasteiger partial charge < -0.3 is 18.9 Å². The van der Waals surface area contributed by atoms with Crippen molar-refractivity contribution in [3.8, 4) is 11.5 Å². The SMILES string of the molecule is CCCN(Cc1ccc(C)cc1)C(=O)/C=C/c1ccc(OCc2c(C)noc2C)c(OC)c1. The number of rotatable bonds is 10. The van der Waals surface area contributed by atoms with Crippen LogP contribution in [0, 0.1) is 20.8 Å². The van der Waals surface area contributed by atoms with E-state index in [1.807, 2.05) is 36.9 Å². The zero-order valence-corrected chi connectivity index (χ0v) is 20.1. The maximum atomic E-state index is 12.9. The summed E-state index contributed by atoms with van der Waals surface area (Å²) in [4.78, 5) is 14.7. The van der Waals surface area contributed by atoms with Crippen molar-refractivity contribution in [3.05, 3.63) is 82.2 Å². The summed E-state index contributed by atoms with van der Waals surface area (Å²) in [6.45, 7) is 9.52. The van der Waals surface area contributed by atoms with Crippen LogP contribution in [0.2, 0.25) is 0 Å². The van der Waals surface area contributed by atoms with E-state index in [-0.39, 0.29) is 5.91 Å². The predicted octanol–water partition coefficient (Wildman–Crippen LogP) is 5.64. The molecule has 3 aromatic rings. The lowest BCUT2D eigenvalue weighted by atomic mass is 10.1. The van der Waals surface area contributed by atoms with Gasteiger partial charge in [-0.2, -0.15) is 0 Å². The standard InChI is InChI=1S/C27H32N2O4/c1-6-15-29(17-23-9-7-19(2)8-10-23)27(30)14-12-22-11-13-25(26(16-22)31-5)32-18-24-20(3)28-33-21(24)4/h7-14,16H,6,15,17-18H2,1-5H3/b14-12+. The van der Waals surface area contributed by atoms with Gasteiger partial charge in [0.1, 0.15) is 12.4 Å². The van der Waals surface area contributed by atoms with Crippen molar-refractivity contribution in [1.82, 2.24) is 10.1 Å². The van der Waals surface area contributed by atoms with Crippen LogP contribution >= 0.6 is 0 Å². The fourth-order valence-corrected chi connectivity index (χ4v) is 3.49. The highest BCUT2D eigenvalue weighted by molar-refractivity contribution is 5.91. The summed E-state index contributed by atoms with van der Waals surface area (Å²) in [6.07, 6.45) is 4.32. The van der Waals surface area contributed by atoms with Gasteiger partial charge in [-0.05, 0) is 56.5 Å². The molecule has 6 nitrogen and oxygen atoms in total. The molecular weight excluding hydrogens is 416 g/mol. The normalized spacial score (nSPS) is 11.1. The number of carbonyl (C=O) groups excluding carboxylic acids is 1. The third-order valence-corrected chi connectivity index (χ3v) is 5.46. The second-order valence-corrected chi connectivity index (χ2v) is 8.08. The van der Waals surface area contributed by atoms with Crippen LogP contribution in [0.15, 0.2) is 53.1 Å². The van der Waals surface area contributed by atoms with Gasteiger partial charge in [-0.3, -0.25) is 4.79 Å². The van der Waals surface area contributed by atoms with Gasteiger partial charge in [0.2, 0.25) is 5.91 Å². The first-order chi connectivity index (χ1) is 15.9. The number of ether oxygens (including phenoxy) is 2. The highest BCUT2D eigenvalue weighted by Crippen LogP contribution is 2.30. The molecule has 33 heavy (non-hydrogen) atoms. The molecule has 0 fully saturated rings. The zero-order valence-electron chi connectivity index (χ0n) is 20.1. The number of carbonyl (C=O) groups is 1. The highest BCUT2D eigenvalue weighted by Gasteiger charge is 2.13. The number of benzene rings is 2. The molecule has 0 N–H and O–H groups in total. The molecule has 0 saturated carbocycles. The second-order valence-electron chi connectivity index (χ2n) is 8.08. The van der Waals surface area contributed by atoms with Gasteiger partial charge >= 0.3 is 0 Å². The van der Waals surface area contributed by atoms with Gasteiger partial charge in [0.15, 0.2) is 11.5 Å². The summed E-state index contributed by atoms with van der Waals surface area (Å²) in [7, 11) is 1.60. The first-order valence-electron chi connectivity index (χ1n) is 11.2. The zero-order chi connectivity index (χ0) is 23.8. The molecule has 0 aliphatic rings. The van der Waals surface area contributed by atoms with Crippen LogP contribution in [0.1, 0.15) is 47.1 Å². The lowest BCUT2D eigenvalue weighted by Crippen LogP contribution is -2.29. The van der Waals surface area contributed by atoms with Crippen LogP contribution in [0.4, 0.5) is 0 Å². The largest absolute Gasteiger partial charge is 0.493 e. The smallest absolute Gasteiger partial charge is 0.246 e. The molecule has 0 spiro atoms. The van der Waals surface area contributed by atoms with Gasteiger partial charge in [-0.1, -0.05) is 48.0 Å². The van der Waals surface area contributed by atoms with Gasteiger partial charge in [0.25, 0.3) is 0 Å². The van der Waals surface area contributed by atoms with Crippen LogP contribution in [0.3, 0.4) is 0 Å². The Kier molecular flexibility index (Phi) is 8.30. The van der Waals surface area contributed by atoms with Gasteiger partial charge in [0, 0.05) is 19.2 Å². The van der Waals surface area contributed by atoms with Crippen LogP contribution in [-0.4, -0.2) is 29.6 Å². The number of methoxy groups -OCH3 is 1. The quantitative estimate of drug-likeness (QED) is 0.376. The summed E-state index contributed by atoms with van der Waals surface area (Å²) in [5.41, 5.74) is 4.93. The van der Waals surface area contributed by atoms with E-state index in [0.29, 0.717) is 31.2 Å². The summed E-state index contributed by atoms with van der Waals surface area (Å²) in [5, 5.41) is 3.95. The molecule has 0 atom stereocenters. The number of amides is 1. The lowest BCUT2D eigenvalue weighted by molar-refractivity contribution is -0.126. The summed E-state index contributed by atoms with van der Waals surface area (Å²) in [5.74, 6) is 1.94. The summed E-state index contributed by atoms with van der Waals surface area (Å²) < 4.78 is 16.6. The number of aryl methyl sites for hydroxylation is 3. The minimum Gasteiger partial charge on any atom is -0.493 e. The molecule has 2 aromatic carbocycles. The molecule has 174 valence electrons. The van der Waals surface area contributed by atoms with Crippen LogP contribution in [0.25, 0.3) is 6.08 Å². The van der Waals surface area contributed by atoms with Crippen molar-refractivity contribution in [1.29, 1.82) is 0 Å². The van der Waals surface area contributed by atoms with Crippen LogP contribution < -0.4 is 9.47 Å². The Balaban J connectivity index is 1.68. The van der Waals surface area contributed by atoms with E-state index in [1.165, 1.54) is 5.56 Å². The number of nitrogens with zero attached hydrogens (tertiary/aromatic N) is 2. The second kappa shape index (κ2) is 11.4. The van der Waals surface area contributed by atoms with Crippen molar-refractivity contribution in [2.24, 2.45) is 0 Å². The average molecular weight is 449 g/mol. The lowest BCUT2D eigenvalue weighted by Gasteiger charge is -2.20. The van der Waals surface area contributed by atoms with Crippen molar-refractivity contribution < 1.29 is 18.8 Å². The van der Waals surface area contributed by atoms with E-state index in [9.17, 15) is 4.79 Å². The van der Waals surface area contributed by atoms with Crippen LogP contribution in [-0.2, 0) is 17.9 Å². The summed E-state index contributed by atoms with van der Waals surface area (Å²) >= 11 is 0. The summed E-state index contributed by atoms with van der Waals surface area (Å²) in [6, 6.07) is 13.9. The highest BCUT2D eigenvalue weighted by atomic mass is 16.5. The van der Waals surface area contributed by atoms with E-state index in [2.05, 4.69) is 43.3 Å². The minimum atomic E-state index is -0.0184. The Labute approximate surface area is 195 Å². The number of aromatic nitrogens is 1. The Morgan fingerprint density at radius 2 is 1.85 bits per heavy atom. The van der Waals surface area contributed by atoms with Crippen molar-refractivity contribution in [2.45, 2.75) is 47.3 Å². The maximum Gasteiger partial charge on any atom is 0.246 e. The Bertz CT molecular complexity index is 1080. The van der Waals surface area contributed by atoms with Gasteiger partial charge in [0.05, 0.1) is 18.4 Å². The Morgan fingerprint density at radius 1 is 1.09 bits per heavy atom. The molecule has 0 unspecified atom stereocenters. The monoisotopic (exact) mass is 448 g/mol. The molecule has 0 aliphatic carbocycles. The molecular formula is C27H32N2O4. The minimum absolute atomic E-state index is 0.0184. The number of hydrogen-bond donors (Lipinski definition) is 0. The molecule has 6 heteroatoms.